The maximum absolute atomic E-state index is 12.1. The van der Waals surface area contributed by atoms with Gasteiger partial charge in [0.2, 0.25) is 5.28 Å². The lowest BCUT2D eigenvalue weighted by Gasteiger charge is -2.31. The van der Waals surface area contributed by atoms with Crippen LogP contribution in [0.1, 0.15) is 18.4 Å². The Morgan fingerprint density at radius 2 is 1.83 bits per heavy atom. The molecule has 3 rings (SSSR count). The molecule has 0 bridgehead atoms. The average Bonchev–Trinajstić information content (AvgIpc) is 2.63. The molecule has 2 aromatic rings. The van der Waals surface area contributed by atoms with Crippen molar-refractivity contribution < 1.29 is 14.3 Å². The van der Waals surface area contributed by atoms with Gasteiger partial charge in [-0.3, -0.25) is 0 Å². The number of hydrogen-bond acceptors (Lipinski definition) is 5. The van der Waals surface area contributed by atoms with E-state index >= 15 is 0 Å². The van der Waals surface area contributed by atoms with E-state index < -0.39 is 0 Å². The van der Waals surface area contributed by atoms with Crippen molar-refractivity contribution in [3.63, 3.8) is 0 Å². The van der Waals surface area contributed by atoms with E-state index in [9.17, 15) is 4.79 Å². The maximum Gasteiger partial charge on any atom is 0.410 e. The van der Waals surface area contributed by atoms with Crippen LogP contribution in [0.4, 0.5) is 4.79 Å². The predicted octanol–water partition coefficient (Wildman–Crippen LogP) is 3.31. The van der Waals surface area contributed by atoms with E-state index in [0.29, 0.717) is 18.8 Å². The van der Waals surface area contributed by atoms with Gasteiger partial charge in [0.1, 0.15) is 12.7 Å². The molecule has 1 fully saturated rings. The Balaban J connectivity index is 1.42. The predicted molar refractivity (Wildman–Crippen MR) is 88.9 cm³/mol. The van der Waals surface area contributed by atoms with Crippen LogP contribution in [0.2, 0.25) is 5.28 Å². The van der Waals surface area contributed by atoms with Gasteiger partial charge in [0.15, 0.2) is 5.75 Å². The third-order valence-electron chi connectivity index (χ3n) is 3.80. The molecule has 6 nitrogen and oxygen atoms in total. The smallest absolute Gasteiger partial charge is 0.410 e. The number of aromatic nitrogens is 2. The fourth-order valence-electron chi connectivity index (χ4n) is 2.52. The molecule has 0 radical (unpaired) electrons. The zero-order chi connectivity index (χ0) is 16.8. The van der Waals surface area contributed by atoms with E-state index in [1.165, 1.54) is 0 Å². The normalized spacial score (nSPS) is 15.1. The second-order valence-electron chi connectivity index (χ2n) is 5.53. The van der Waals surface area contributed by atoms with E-state index in [4.69, 9.17) is 21.1 Å². The van der Waals surface area contributed by atoms with Crippen LogP contribution >= 0.6 is 11.6 Å². The Labute approximate surface area is 145 Å². The Hall–Kier alpha value is -2.34. The number of halogens is 1. The second-order valence-corrected chi connectivity index (χ2v) is 5.87. The van der Waals surface area contributed by atoms with Gasteiger partial charge in [-0.05, 0) is 17.2 Å². The topological polar surface area (TPSA) is 64.5 Å². The van der Waals surface area contributed by atoms with Gasteiger partial charge in [0, 0.05) is 25.9 Å². The summed E-state index contributed by atoms with van der Waals surface area (Å²) in [5.74, 6) is 0.588. The molecule has 0 saturated carbocycles. The summed E-state index contributed by atoms with van der Waals surface area (Å²) in [6.07, 6.45) is 4.33. The molecule has 1 amide bonds. The zero-order valence-corrected chi connectivity index (χ0v) is 13.9. The van der Waals surface area contributed by atoms with Gasteiger partial charge in [-0.25, -0.2) is 14.8 Å². The van der Waals surface area contributed by atoms with Crippen LogP contribution in [0.15, 0.2) is 42.7 Å². The van der Waals surface area contributed by atoms with Crippen LogP contribution < -0.4 is 4.74 Å². The van der Waals surface area contributed by atoms with Crippen molar-refractivity contribution in [2.45, 2.75) is 25.6 Å². The first-order chi connectivity index (χ1) is 11.7. The Morgan fingerprint density at radius 1 is 1.17 bits per heavy atom. The molecule has 0 aliphatic carbocycles. The van der Waals surface area contributed by atoms with Gasteiger partial charge in [-0.1, -0.05) is 30.3 Å². The number of hydrogen-bond donors (Lipinski definition) is 0. The summed E-state index contributed by atoms with van der Waals surface area (Å²) in [6.45, 7) is 1.50. The number of nitrogens with zero attached hydrogens (tertiary/aromatic N) is 3. The standard InChI is InChI=1S/C17H18ClN3O3/c18-16-19-10-15(11-20-16)24-14-6-8-21(9-7-14)17(22)23-12-13-4-2-1-3-5-13/h1-5,10-11,14H,6-9,12H2. The first kappa shape index (κ1) is 16.5. The van der Waals surface area contributed by atoms with E-state index in [1.807, 2.05) is 30.3 Å². The third-order valence-corrected chi connectivity index (χ3v) is 4.00. The minimum absolute atomic E-state index is 0.0351. The summed E-state index contributed by atoms with van der Waals surface area (Å²) in [6, 6.07) is 9.64. The molecule has 1 saturated heterocycles. The second kappa shape index (κ2) is 7.97. The van der Waals surface area contributed by atoms with Crippen LogP contribution in [0.25, 0.3) is 0 Å². The number of carbonyl (C=O) groups excluding carboxylic acids is 1. The number of benzene rings is 1. The molecular weight excluding hydrogens is 330 g/mol. The van der Waals surface area contributed by atoms with Crippen molar-refractivity contribution in [3.8, 4) is 5.75 Å². The van der Waals surface area contributed by atoms with Crippen LogP contribution in [0, 0.1) is 0 Å². The lowest BCUT2D eigenvalue weighted by molar-refractivity contribution is 0.0636. The zero-order valence-electron chi connectivity index (χ0n) is 13.1. The molecular formula is C17H18ClN3O3. The van der Waals surface area contributed by atoms with Crippen molar-refractivity contribution in [2.75, 3.05) is 13.1 Å². The summed E-state index contributed by atoms with van der Waals surface area (Å²) < 4.78 is 11.2. The summed E-state index contributed by atoms with van der Waals surface area (Å²) >= 11 is 5.65. The molecule has 24 heavy (non-hydrogen) atoms. The maximum atomic E-state index is 12.1. The minimum atomic E-state index is -0.285. The van der Waals surface area contributed by atoms with Crippen LogP contribution in [-0.2, 0) is 11.3 Å². The molecule has 7 heteroatoms. The summed E-state index contributed by atoms with van der Waals surface area (Å²) in [7, 11) is 0. The highest BCUT2D eigenvalue weighted by atomic mass is 35.5. The van der Waals surface area contributed by atoms with Crippen molar-refractivity contribution in [1.82, 2.24) is 14.9 Å². The molecule has 1 aromatic carbocycles. The lowest BCUT2D eigenvalue weighted by Crippen LogP contribution is -2.42. The van der Waals surface area contributed by atoms with E-state index in [1.54, 1.807) is 17.3 Å². The Kier molecular flexibility index (Phi) is 5.48. The number of rotatable bonds is 4. The highest BCUT2D eigenvalue weighted by Gasteiger charge is 2.25. The quantitative estimate of drug-likeness (QED) is 0.794. The fourth-order valence-corrected chi connectivity index (χ4v) is 2.62. The first-order valence-corrected chi connectivity index (χ1v) is 8.18. The lowest BCUT2D eigenvalue weighted by atomic mass is 10.1. The fraction of sp³-hybridized carbons (Fsp3) is 0.353. The van der Waals surface area contributed by atoms with Gasteiger partial charge in [0.25, 0.3) is 0 Å². The molecule has 1 aliphatic rings. The van der Waals surface area contributed by atoms with E-state index in [0.717, 1.165) is 18.4 Å². The summed E-state index contributed by atoms with van der Waals surface area (Å²) in [5, 5.41) is 0.193. The number of ether oxygens (including phenoxy) is 2. The highest BCUT2D eigenvalue weighted by Crippen LogP contribution is 2.19. The van der Waals surface area contributed by atoms with Crippen molar-refractivity contribution in [3.05, 3.63) is 53.6 Å². The number of amides is 1. The molecule has 0 unspecified atom stereocenters. The molecule has 0 spiro atoms. The average molecular weight is 348 g/mol. The molecule has 2 heterocycles. The molecule has 126 valence electrons. The number of carbonyl (C=O) groups is 1. The number of piperidine rings is 1. The van der Waals surface area contributed by atoms with Gasteiger partial charge >= 0.3 is 6.09 Å². The summed E-state index contributed by atoms with van der Waals surface area (Å²) in [5.41, 5.74) is 0.979. The monoisotopic (exact) mass is 347 g/mol. The summed E-state index contributed by atoms with van der Waals surface area (Å²) in [4.78, 5) is 21.6. The Morgan fingerprint density at radius 3 is 2.50 bits per heavy atom. The van der Waals surface area contributed by atoms with E-state index in [-0.39, 0.29) is 24.1 Å². The van der Waals surface area contributed by atoms with Gasteiger partial charge in [0.05, 0.1) is 12.4 Å². The molecule has 0 N–H and O–H groups in total. The Bertz CT molecular complexity index is 659. The van der Waals surface area contributed by atoms with Crippen molar-refractivity contribution >= 4 is 17.7 Å². The van der Waals surface area contributed by atoms with Crippen molar-refractivity contribution in [2.24, 2.45) is 0 Å². The van der Waals surface area contributed by atoms with Gasteiger partial charge in [-0.15, -0.1) is 0 Å². The van der Waals surface area contributed by atoms with Crippen molar-refractivity contribution in [1.29, 1.82) is 0 Å². The van der Waals surface area contributed by atoms with Crippen LogP contribution in [-0.4, -0.2) is 40.2 Å². The highest BCUT2D eigenvalue weighted by molar-refractivity contribution is 6.28. The molecule has 0 atom stereocenters. The third kappa shape index (κ3) is 4.58. The molecule has 1 aliphatic heterocycles. The van der Waals surface area contributed by atoms with E-state index in [2.05, 4.69) is 9.97 Å². The minimum Gasteiger partial charge on any atom is -0.487 e. The molecule has 1 aromatic heterocycles. The van der Waals surface area contributed by atoms with Gasteiger partial charge < -0.3 is 14.4 Å². The SMILES string of the molecule is O=C(OCc1ccccc1)N1CCC(Oc2cnc(Cl)nc2)CC1. The van der Waals surface area contributed by atoms with Crippen LogP contribution in [0.3, 0.4) is 0 Å². The van der Waals surface area contributed by atoms with Gasteiger partial charge in [-0.2, -0.15) is 0 Å². The number of likely N-dealkylation sites (tertiary alicyclic amines) is 1. The largest absolute Gasteiger partial charge is 0.487 e. The first-order valence-electron chi connectivity index (χ1n) is 7.80. The van der Waals surface area contributed by atoms with Crippen LogP contribution in [0.5, 0.6) is 5.75 Å².